The van der Waals surface area contributed by atoms with Crippen LogP contribution in [0.25, 0.3) is 0 Å². The zero-order valence-electron chi connectivity index (χ0n) is 15.0. The number of nitrogens with zero attached hydrogens (tertiary/aromatic N) is 2. The van der Waals surface area contributed by atoms with E-state index in [1.165, 1.54) is 5.56 Å². The molecular formula is C20H24N4O2. The fourth-order valence-corrected chi connectivity index (χ4v) is 4.14. The molecule has 0 bridgehead atoms. The smallest absolute Gasteiger partial charge is 0.252 e. The van der Waals surface area contributed by atoms with Crippen LogP contribution < -0.4 is 11.1 Å². The minimum Gasteiger partial charge on any atom is -0.365 e. The lowest BCUT2D eigenvalue weighted by atomic mass is 9.90. The first kappa shape index (κ1) is 16.8. The van der Waals surface area contributed by atoms with Crippen LogP contribution in [0.15, 0.2) is 30.5 Å². The van der Waals surface area contributed by atoms with Gasteiger partial charge in [-0.15, -0.1) is 0 Å². The third-order valence-corrected chi connectivity index (χ3v) is 5.84. The van der Waals surface area contributed by atoms with Crippen molar-refractivity contribution < 1.29 is 9.59 Å². The summed E-state index contributed by atoms with van der Waals surface area (Å²) in [5.74, 6) is -0.0117. The summed E-state index contributed by atoms with van der Waals surface area (Å²) >= 11 is 0. The van der Waals surface area contributed by atoms with Crippen LogP contribution in [-0.4, -0.2) is 28.1 Å². The average molecular weight is 352 g/mol. The lowest BCUT2D eigenvalue weighted by Gasteiger charge is -2.25. The molecule has 1 aliphatic carbocycles. The number of carbonyl (C=O) groups excluding carboxylic acids is 2. The van der Waals surface area contributed by atoms with Crippen molar-refractivity contribution in [2.75, 3.05) is 6.54 Å². The number of nitrogens with two attached hydrogens (primary N) is 1. The average Bonchev–Trinajstić information content (AvgIpc) is 3.32. The Hall–Kier alpha value is -2.63. The molecule has 2 amide bonds. The molecule has 6 heteroatoms. The number of primary amides is 1. The highest BCUT2D eigenvalue weighted by atomic mass is 16.2. The van der Waals surface area contributed by atoms with Gasteiger partial charge in [-0.25, -0.2) is 0 Å². The molecule has 6 nitrogen and oxygen atoms in total. The number of rotatable bonds is 5. The molecular weight excluding hydrogens is 328 g/mol. The van der Waals surface area contributed by atoms with E-state index in [2.05, 4.69) is 29.5 Å². The van der Waals surface area contributed by atoms with Gasteiger partial charge in [0.25, 0.3) is 5.91 Å². The fraction of sp³-hybridized carbons (Fsp3) is 0.450. The molecule has 0 spiro atoms. The maximum absolute atomic E-state index is 12.9. The standard InChI is InChI=1S/C20H24N4O2/c1-13-4-2-3-5-16(13)20(7-8-20)19(26)22-11-14-6-9-24-17(10-14)15(12-23-24)18(21)25/h2-5,12,14H,6-11H2,1H3,(H2,21,25)(H,22,26)/t14-/m1/s1. The van der Waals surface area contributed by atoms with Crippen molar-refractivity contribution in [3.63, 3.8) is 0 Å². The summed E-state index contributed by atoms with van der Waals surface area (Å²) < 4.78 is 1.86. The van der Waals surface area contributed by atoms with E-state index in [0.717, 1.165) is 43.5 Å². The summed E-state index contributed by atoms with van der Waals surface area (Å²) in [7, 11) is 0. The van der Waals surface area contributed by atoms with Gasteiger partial charge in [0, 0.05) is 13.1 Å². The zero-order valence-corrected chi connectivity index (χ0v) is 15.0. The lowest BCUT2D eigenvalue weighted by Crippen LogP contribution is -2.39. The van der Waals surface area contributed by atoms with Crippen molar-refractivity contribution in [3.8, 4) is 0 Å². The lowest BCUT2D eigenvalue weighted by molar-refractivity contribution is -0.123. The SMILES string of the molecule is Cc1ccccc1C1(C(=O)NC[C@@H]2CCn3ncc(C(N)=O)c3C2)CC1. The summed E-state index contributed by atoms with van der Waals surface area (Å²) in [6, 6.07) is 8.15. The van der Waals surface area contributed by atoms with E-state index >= 15 is 0 Å². The Kier molecular flexibility index (Phi) is 4.05. The molecule has 1 aliphatic heterocycles. The Morgan fingerprint density at radius 1 is 1.35 bits per heavy atom. The molecule has 3 N–H and O–H groups in total. The van der Waals surface area contributed by atoms with Gasteiger partial charge in [-0.3, -0.25) is 14.3 Å². The second kappa shape index (κ2) is 6.27. The van der Waals surface area contributed by atoms with Crippen molar-refractivity contribution in [3.05, 3.63) is 52.8 Å². The van der Waals surface area contributed by atoms with Crippen LogP contribution in [-0.2, 0) is 23.2 Å². The van der Waals surface area contributed by atoms with Gasteiger partial charge in [0.1, 0.15) is 0 Å². The number of benzene rings is 1. The Labute approximate surface area is 152 Å². The van der Waals surface area contributed by atoms with E-state index in [1.807, 2.05) is 16.8 Å². The summed E-state index contributed by atoms with van der Waals surface area (Å²) in [5, 5.41) is 7.40. The minimum atomic E-state index is -0.438. The number of aromatic nitrogens is 2. The topological polar surface area (TPSA) is 90.0 Å². The van der Waals surface area contributed by atoms with E-state index in [1.54, 1.807) is 6.20 Å². The minimum absolute atomic E-state index is 0.126. The Bertz CT molecular complexity index is 866. The van der Waals surface area contributed by atoms with Gasteiger partial charge in [-0.05, 0) is 49.7 Å². The summed E-state index contributed by atoms with van der Waals surface area (Å²) in [6.07, 6.45) is 5.02. The maximum atomic E-state index is 12.9. The highest BCUT2D eigenvalue weighted by molar-refractivity contribution is 5.94. The highest BCUT2D eigenvalue weighted by Crippen LogP contribution is 2.49. The molecule has 136 valence electrons. The Morgan fingerprint density at radius 3 is 2.81 bits per heavy atom. The molecule has 2 aliphatic rings. The second-order valence-electron chi connectivity index (χ2n) is 7.56. The number of hydrogen-bond donors (Lipinski definition) is 2. The molecule has 2 aromatic rings. The number of carbonyl (C=O) groups is 2. The van der Waals surface area contributed by atoms with Gasteiger partial charge in [0.15, 0.2) is 0 Å². The van der Waals surface area contributed by atoms with E-state index in [-0.39, 0.29) is 11.3 Å². The number of amides is 2. The Balaban J connectivity index is 1.42. The van der Waals surface area contributed by atoms with Gasteiger partial charge >= 0.3 is 0 Å². The van der Waals surface area contributed by atoms with Crippen molar-refractivity contribution in [2.45, 2.75) is 44.6 Å². The van der Waals surface area contributed by atoms with Crippen molar-refractivity contribution in [1.29, 1.82) is 0 Å². The fourth-order valence-electron chi connectivity index (χ4n) is 4.14. The van der Waals surface area contributed by atoms with E-state index in [4.69, 9.17) is 5.73 Å². The second-order valence-corrected chi connectivity index (χ2v) is 7.56. The van der Waals surface area contributed by atoms with E-state index < -0.39 is 5.91 Å². The summed E-state index contributed by atoms with van der Waals surface area (Å²) in [5.41, 5.74) is 8.80. The molecule has 26 heavy (non-hydrogen) atoms. The van der Waals surface area contributed by atoms with E-state index in [9.17, 15) is 9.59 Å². The molecule has 0 unspecified atom stereocenters. The quantitative estimate of drug-likeness (QED) is 0.858. The van der Waals surface area contributed by atoms with Gasteiger partial charge < -0.3 is 11.1 Å². The molecule has 0 radical (unpaired) electrons. The van der Waals surface area contributed by atoms with Crippen molar-refractivity contribution in [2.24, 2.45) is 11.7 Å². The van der Waals surface area contributed by atoms with Gasteiger partial charge in [0.2, 0.25) is 5.91 Å². The predicted molar refractivity (Wildman–Crippen MR) is 97.7 cm³/mol. The molecule has 1 aromatic heterocycles. The van der Waals surface area contributed by atoms with Crippen LogP contribution in [0.1, 0.15) is 46.4 Å². The van der Waals surface area contributed by atoms with Gasteiger partial charge in [-0.2, -0.15) is 5.10 Å². The van der Waals surface area contributed by atoms with Crippen LogP contribution >= 0.6 is 0 Å². The molecule has 4 rings (SSSR count). The van der Waals surface area contributed by atoms with Crippen molar-refractivity contribution >= 4 is 11.8 Å². The number of aryl methyl sites for hydroxylation is 2. The maximum Gasteiger partial charge on any atom is 0.252 e. The molecule has 1 fully saturated rings. The van der Waals surface area contributed by atoms with Gasteiger partial charge in [-0.1, -0.05) is 24.3 Å². The van der Waals surface area contributed by atoms with Crippen LogP contribution in [0.3, 0.4) is 0 Å². The largest absolute Gasteiger partial charge is 0.365 e. The predicted octanol–water partition coefficient (Wildman–Crippen LogP) is 1.70. The van der Waals surface area contributed by atoms with Crippen LogP contribution in [0.4, 0.5) is 0 Å². The first-order chi connectivity index (χ1) is 12.5. The third kappa shape index (κ3) is 2.79. The van der Waals surface area contributed by atoms with Crippen LogP contribution in [0.2, 0.25) is 0 Å². The number of fused-ring (bicyclic) bond motifs is 1. The molecule has 1 saturated carbocycles. The Morgan fingerprint density at radius 2 is 2.12 bits per heavy atom. The molecule has 1 aromatic carbocycles. The first-order valence-electron chi connectivity index (χ1n) is 9.20. The molecule has 2 heterocycles. The third-order valence-electron chi connectivity index (χ3n) is 5.84. The van der Waals surface area contributed by atoms with Crippen molar-refractivity contribution in [1.82, 2.24) is 15.1 Å². The summed E-state index contributed by atoms with van der Waals surface area (Å²) in [4.78, 5) is 24.4. The number of nitrogens with one attached hydrogen (secondary N) is 1. The summed E-state index contributed by atoms with van der Waals surface area (Å²) in [6.45, 7) is 3.44. The molecule has 1 atom stereocenters. The van der Waals surface area contributed by atoms with Gasteiger partial charge in [0.05, 0.1) is 22.9 Å². The number of hydrogen-bond acceptors (Lipinski definition) is 3. The first-order valence-corrected chi connectivity index (χ1v) is 9.20. The molecule has 0 saturated heterocycles. The monoisotopic (exact) mass is 352 g/mol. The zero-order chi connectivity index (χ0) is 18.3. The van der Waals surface area contributed by atoms with E-state index in [0.29, 0.717) is 18.0 Å². The highest BCUT2D eigenvalue weighted by Gasteiger charge is 2.51. The van der Waals surface area contributed by atoms with Crippen LogP contribution in [0, 0.1) is 12.8 Å². The van der Waals surface area contributed by atoms with Crippen LogP contribution in [0.5, 0.6) is 0 Å². The normalized spacial score (nSPS) is 20.3.